The lowest BCUT2D eigenvalue weighted by Crippen LogP contribution is -2.03. The fraction of sp³-hybridized carbons (Fsp3) is 0.143. The summed E-state index contributed by atoms with van der Waals surface area (Å²) in [5, 5.41) is 0. The summed E-state index contributed by atoms with van der Waals surface area (Å²) in [6.45, 7) is 0. The normalized spacial score (nSPS) is 10.1. The van der Waals surface area contributed by atoms with Crippen molar-refractivity contribution in [2.45, 2.75) is 6.18 Å². The van der Waals surface area contributed by atoms with Gasteiger partial charge in [0.25, 0.3) is 0 Å². The molecule has 0 spiro atoms. The van der Waals surface area contributed by atoms with Crippen LogP contribution in [0, 0.1) is 0 Å². The van der Waals surface area contributed by atoms with Crippen LogP contribution in [0.2, 0.25) is 0 Å². The topological polar surface area (TPSA) is 52.0 Å². The van der Waals surface area contributed by atoms with Crippen molar-refractivity contribution in [1.82, 2.24) is 0 Å². The van der Waals surface area contributed by atoms with Gasteiger partial charge < -0.3 is 0 Å². The highest BCUT2D eigenvalue weighted by Gasteiger charge is 2.29. The first-order valence-corrected chi connectivity index (χ1v) is 3.06. The molecule has 0 aliphatic heterocycles. The quantitative estimate of drug-likeness (QED) is 0.467. The van der Waals surface area contributed by atoms with Gasteiger partial charge in [-0.05, 0) is 0 Å². The molecular formula is C7H9F3N2. The van der Waals surface area contributed by atoms with Gasteiger partial charge >= 0.3 is 6.18 Å². The van der Waals surface area contributed by atoms with E-state index in [9.17, 15) is 13.2 Å². The minimum atomic E-state index is -4.21. The molecule has 0 aliphatic carbocycles. The molecule has 0 bridgehead atoms. The van der Waals surface area contributed by atoms with Crippen molar-refractivity contribution in [3.05, 3.63) is 35.9 Å². The summed E-state index contributed by atoms with van der Waals surface area (Å²) < 4.78 is 35.4. The zero-order valence-electron chi connectivity index (χ0n) is 6.18. The number of halogens is 3. The van der Waals surface area contributed by atoms with Crippen molar-refractivity contribution in [3.8, 4) is 0 Å². The van der Waals surface area contributed by atoms with Crippen molar-refractivity contribution in [2.24, 2.45) is 11.7 Å². The van der Waals surface area contributed by atoms with Crippen LogP contribution < -0.4 is 11.7 Å². The number of nitrogens with two attached hydrogens (primary N) is 2. The highest BCUT2D eigenvalue weighted by molar-refractivity contribution is 5.17. The lowest BCUT2D eigenvalue weighted by molar-refractivity contribution is -0.137. The number of hydrazine groups is 1. The van der Waals surface area contributed by atoms with E-state index in [-0.39, 0.29) is 0 Å². The molecule has 1 aromatic carbocycles. The van der Waals surface area contributed by atoms with Gasteiger partial charge in [0.2, 0.25) is 0 Å². The summed E-state index contributed by atoms with van der Waals surface area (Å²) in [7, 11) is 0. The summed E-state index contributed by atoms with van der Waals surface area (Å²) in [5.74, 6) is 8.00. The standard InChI is InChI=1S/C7H5F3.H4N2/c8-7(9,10)6-4-2-1-3-5-6;1-2/h1-5H;1-2H2. The zero-order valence-corrected chi connectivity index (χ0v) is 6.18. The molecule has 0 radical (unpaired) electrons. The Hall–Kier alpha value is -1.07. The molecule has 68 valence electrons. The van der Waals surface area contributed by atoms with Gasteiger partial charge in [-0.25, -0.2) is 0 Å². The largest absolute Gasteiger partial charge is 0.416 e. The molecule has 0 saturated heterocycles. The Balaban J connectivity index is 0.000000561. The maximum Gasteiger partial charge on any atom is 0.416 e. The van der Waals surface area contributed by atoms with Crippen molar-refractivity contribution in [3.63, 3.8) is 0 Å². The molecule has 0 aromatic heterocycles. The Morgan fingerprint density at radius 2 is 1.33 bits per heavy atom. The fourth-order valence-corrected chi connectivity index (χ4v) is 0.627. The predicted molar refractivity (Wildman–Crippen MR) is 39.8 cm³/mol. The second-order valence-corrected chi connectivity index (χ2v) is 1.86. The second kappa shape index (κ2) is 4.74. The summed E-state index contributed by atoms with van der Waals surface area (Å²) in [4.78, 5) is 0. The molecule has 12 heavy (non-hydrogen) atoms. The average Bonchev–Trinajstić information content (AvgIpc) is 2.08. The molecule has 0 aliphatic rings. The highest BCUT2D eigenvalue weighted by atomic mass is 19.4. The third kappa shape index (κ3) is 3.36. The lowest BCUT2D eigenvalue weighted by Gasteiger charge is -2.03. The number of alkyl halides is 3. The molecule has 0 atom stereocenters. The number of benzene rings is 1. The Labute approximate surface area is 67.9 Å². The molecule has 0 unspecified atom stereocenters. The molecule has 1 rings (SSSR count). The zero-order chi connectivity index (χ0) is 9.61. The third-order valence-electron chi connectivity index (χ3n) is 1.10. The van der Waals surface area contributed by atoms with E-state index >= 15 is 0 Å². The van der Waals surface area contributed by atoms with Gasteiger partial charge in [-0.3, -0.25) is 11.7 Å². The van der Waals surface area contributed by atoms with Crippen LogP contribution in [0.25, 0.3) is 0 Å². The van der Waals surface area contributed by atoms with Crippen molar-refractivity contribution >= 4 is 0 Å². The van der Waals surface area contributed by atoms with Crippen LogP contribution in [0.4, 0.5) is 13.2 Å². The first kappa shape index (κ1) is 10.9. The number of rotatable bonds is 0. The van der Waals surface area contributed by atoms with E-state index < -0.39 is 11.7 Å². The predicted octanol–water partition coefficient (Wildman–Crippen LogP) is 1.52. The van der Waals surface area contributed by atoms with E-state index in [2.05, 4.69) is 11.7 Å². The molecule has 1 aromatic rings. The average molecular weight is 178 g/mol. The SMILES string of the molecule is FC(F)(F)c1ccccc1.NN. The smallest absolute Gasteiger partial charge is 0.274 e. The molecule has 0 fully saturated rings. The molecule has 2 nitrogen and oxygen atoms in total. The van der Waals surface area contributed by atoms with Crippen LogP contribution in [0.5, 0.6) is 0 Å². The van der Waals surface area contributed by atoms with Gasteiger partial charge in [-0.1, -0.05) is 30.3 Å². The van der Waals surface area contributed by atoms with Crippen LogP contribution in [-0.4, -0.2) is 0 Å². The van der Waals surface area contributed by atoms with Crippen LogP contribution in [0.1, 0.15) is 5.56 Å². The summed E-state index contributed by atoms with van der Waals surface area (Å²) in [5.41, 5.74) is -0.602. The first-order valence-electron chi connectivity index (χ1n) is 3.06. The lowest BCUT2D eigenvalue weighted by atomic mass is 10.2. The second-order valence-electron chi connectivity index (χ2n) is 1.86. The third-order valence-corrected chi connectivity index (χ3v) is 1.10. The fourth-order valence-electron chi connectivity index (χ4n) is 0.627. The van der Waals surface area contributed by atoms with Gasteiger partial charge in [0.05, 0.1) is 5.56 Å². The van der Waals surface area contributed by atoms with Crippen LogP contribution in [-0.2, 0) is 6.18 Å². The first-order chi connectivity index (χ1) is 5.61. The maximum atomic E-state index is 11.8. The monoisotopic (exact) mass is 178 g/mol. The van der Waals surface area contributed by atoms with Crippen molar-refractivity contribution in [2.75, 3.05) is 0 Å². The minimum absolute atomic E-state index is 0.602. The van der Waals surface area contributed by atoms with Crippen LogP contribution in [0.3, 0.4) is 0 Å². The molecule has 5 heteroatoms. The Morgan fingerprint density at radius 1 is 0.917 bits per heavy atom. The summed E-state index contributed by atoms with van der Waals surface area (Å²) in [6, 6.07) is 6.36. The number of hydrogen-bond donors (Lipinski definition) is 2. The van der Waals surface area contributed by atoms with Gasteiger partial charge in [-0.2, -0.15) is 13.2 Å². The number of hydrogen-bond acceptors (Lipinski definition) is 2. The van der Waals surface area contributed by atoms with Gasteiger partial charge in [0, 0.05) is 0 Å². The van der Waals surface area contributed by atoms with E-state index in [4.69, 9.17) is 0 Å². The summed E-state index contributed by atoms with van der Waals surface area (Å²) >= 11 is 0. The molecule has 0 heterocycles. The Kier molecular flexibility index (Phi) is 4.31. The Bertz CT molecular complexity index is 208. The van der Waals surface area contributed by atoms with Crippen LogP contribution in [0.15, 0.2) is 30.3 Å². The minimum Gasteiger partial charge on any atom is -0.274 e. The van der Waals surface area contributed by atoms with E-state index in [1.165, 1.54) is 12.1 Å². The van der Waals surface area contributed by atoms with Gasteiger partial charge in [0.15, 0.2) is 0 Å². The van der Waals surface area contributed by atoms with Gasteiger partial charge in [0.1, 0.15) is 0 Å². The van der Waals surface area contributed by atoms with E-state index in [0.717, 1.165) is 12.1 Å². The van der Waals surface area contributed by atoms with E-state index in [1.54, 1.807) is 6.07 Å². The van der Waals surface area contributed by atoms with E-state index in [1.807, 2.05) is 0 Å². The maximum absolute atomic E-state index is 11.8. The van der Waals surface area contributed by atoms with E-state index in [0.29, 0.717) is 0 Å². The highest BCUT2D eigenvalue weighted by Crippen LogP contribution is 2.28. The molecule has 0 amide bonds. The molecular weight excluding hydrogens is 169 g/mol. The molecule has 4 N–H and O–H groups in total. The molecule has 0 saturated carbocycles. The van der Waals surface area contributed by atoms with Gasteiger partial charge in [-0.15, -0.1) is 0 Å². The van der Waals surface area contributed by atoms with Crippen molar-refractivity contribution in [1.29, 1.82) is 0 Å². The van der Waals surface area contributed by atoms with Crippen molar-refractivity contribution < 1.29 is 13.2 Å². The summed E-state index contributed by atoms with van der Waals surface area (Å²) in [6.07, 6.45) is -4.21. The Morgan fingerprint density at radius 3 is 1.58 bits per heavy atom. The van der Waals surface area contributed by atoms with Crippen LogP contribution >= 0.6 is 0 Å².